The average Bonchev–Trinajstić information content (AvgIpc) is 2.59. The highest BCUT2D eigenvalue weighted by Crippen LogP contribution is 2.16. The zero-order valence-corrected chi connectivity index (χ0v) is 17.0. The van der Waals surface area contributed by atoms with Crippen LogP contribution in [0.2, 0.25) is 0 Å². The molecule has 1 atom stereocenters. The van der Waals surface area contributed by atoms with Crippen molar-refractivity contribution >= 4 is 11.8 Å². The number of nitrogens with zero attached hydrogens (tertiary/aromatic N) is 1. The Labute approximate surface area is 162 Å². The molecule has 2 rings (SSSR count). The Bertz CT molecular complexity index is 794. The molecule has 2 amide bonds. The summed E-state index contributed by atoms with van der Waals surface area (Å²) in [7, 11) is 0. The summed E-state index contributed by atoms with van der Waals surface area (Å²) in [6.45, 7) is 10.7. The highest BCUT2D eigenvalue weighted by atomic mass is 16.2. The Kier molecular flexibility index (Phi) is 7.17. The maximum absolute atomic E-state index is 13.1. The first kappa shape index (κ1) is 20.7. The minimum Gasteiger partial charge on any atom is -0.355 e. The van der Waals surface area contributed by atoms with E-state index in [1.165, 1.54) is 0 Å². The number of likely N-dealkylation sites (N-methyl/N-ethyl adjacent to an activating group) is 1. The van der Waals surface area contributed by atoms with E-state index < -0.39 is 6.04 Å². The van der Waals surface area contributed by atoms with Gasteiger partial charge in [-0.25, -0.2) is 0 Å². The topological polar surface area (TPSA) is 49.4 Å². The van der Waals surface area contributed by atoms with Crippen molar-refractivity contribution in [2.24, 2.45) is 0 Å². The molecule has 0 aliphatic rings. The van der Waals surface area contributed by atoms with Crippen molar-refractivity contribution in [3.8, 4) is 0 Å². The molecule has 0 aliphatic heterocycles. The Hall–Kier alpha value is -2.62. The number of hydrogen-bond acceptors (Lipinski definition) is 2. The first-order chi connectivity index (χ1) is 12.8. The minimum atomic E-state index is -0.525. The second kappa shape index (κ2) is 9.36. The number of nitrogens with one attached hydrogen (secondary N) is 1. The summed E-state index contributed by atoms with van der Waals surface area (Å²) in [5.74, 6) is -0.165. The van der Waals surface area contributed by atoms with E-state index in [1.807, 2.05) is 64.1 Å². The van der Waals surface area contributed by atoms with Crippen molar-refractivity contribution in [2.75, 3.05) is 6.54 Å². The molecule has 2 aromatic carbocycles. The second-order valence-corrected chi connectivity index (χ2v) is 7.19. The van der Waals surface area contributed by atoms with E-state index in [4.69, 9.17) is 0 Å². The maximum Gasteiger partial charge on any atom is 0.242 e. The lowest BCUT2D eigenvalue weighted by Crippen LogP contribution is -2.48. The molecule has 0 bridgehead atoms. The Morgan fingerprint density at radius 1 is 1.04 bits per heavy atom. The predicted octanol–water partition coefficient (Wildman–Crippen LogP) is 3.71. The maximum atomic E-state index is 13.1. The molecule has 0 heterocycles. The molecule has 0 spiro atoms. The summed E-state index contributed by atoms with van der Waals surface area (Å²) in [4.78, 5) is 27.3. The third kappa shape index (κ3) is 5.68. The van der Waals surface area contributed by atoms with E-state index in [0.29, 0.717) is 13.1 Å². The Balaban J connectivity index is 2.28. The number of rotatable bonds is 7. The summed E-state index contributed by atoms with van der Waals surface area (Å²) in [5.41, 5.74) is 5.43. The summed E-state index contributed by atoms with van der Waals surface area (Å²) < 4.78 is 0. The number of benzene rings is 2. The van der Waals surface area contributed by atoms with Crippen molar-refractivity contribution in [1.29, 1.82) is 0 Å². The molecule has 1 N–H and O–H groups in total. The quantitative estimate of drug-likeness (QED) is 0.812. The fourth-order valence-electron chi connectivity index (χ4n) is 3.32. The molecule has 144 valence electrons. The van der Waals surface area contributed by atoms with Crippen LogP contribution in [0, 0.1) is 20.8 Å². The molecule has 0 unspecified atom stereocenters. The van der Waals surface area contributed by atoms with Crippen LogP contribution in [0.25, 0.3) is 0 Å². The highest BCUT2D eigenvalue weighted by molar-refractivity contribution is 5.88. The molecule has 0 saturated heterocycles. The van der Waals surface area contributed by atoms with Gasteiger partial charge in [-0.3, -0.25) is 9.59 Å². The third-order valence-corrected chi connectivity index (χ3v) is 4.76. The Morgan fingerprint density at radius 2 is 1.67 bits per heavy atom. The van der Waals surface area contributed by atoms with Crippen LogP contribution in [-0.2, 0) is 22.6 Å². The summed E-state index contributed by atoms with van der Waals surface area (Å²) in [6.07, 6.45) is 0.290. The molecule has 0 saturated carbocycles. The molecule has 0 fully saturated rings. The predicted molar refractivity (Wildman–Crippen MR) is 109 cm³/mol. The number of hydrogen-bond donors (Lipinski definition) is 1. The second-order valence-electron chi connectivity index (χ2n) is 7.19. The average molecular weight is 367 g/mol. The molecule has 0 aliphatic carbocycles. The van der Waals surface area contributed by atoms with Crippen LogP contribution in [0.3, 0.4) is 0 Å². The molecule has 0 aromatic heterocycles. The number of amides is 2. The van der Waals surface area contributed by atoms with Crippen molar-refractivity contribution < 1.29 is 9.59 Å². The van der Waals surface area contributed by atoms with E-state index in [9.17, 15) is 9.59 Å². The van der Waals surface area contributed by atoms with Gasteiger partial charge >= 0.3 is 0 Å². The van der Waals surface area contributed by atoms with Crippen LogP contribution in [0.4, 0.5) is 0 Å². The summed E-state index contributed by atoms with van der Waals surface area (Å²) in [5, 5.41) is 2.83. The molecule has 2 aromatic rings. The van der Waals surface area contributed by atoms with E-state index in [1.54, 1.807) is 11.8 Å². The van der Waals surface area contributed by atoms with Crippen molar-refractivity contribution in [1.82, 2.24) is 10.2 Å². The van der Waals surface area contributed by atoms with E-state index in [-0.39, 0.29) is 18.2 Å². The smallest absolute Gasteiger partial charge is 0.242 e. The van der Waals surface area contributed by atoms with Gasteiger partial charge in [-0.15, -0.1) is 0 Å². The van der Waals surface area contributed by atoms with Crippen LogP contribution in [0.15, 0.2) is 42.5 Å². The van der Waals surface area contributed by atoms with Gasteiger partial charge in [-0.2, -0.15) is 0 Å². The number of carbonyl (C=O) groups is 2. The molecule has 0 radical (unpaired) electrons. The SMILES string of the molecule is CCNC(=O)[C@@H](C)N(Cc1ccccc1C)C(=O)Cc1cc(C)cc(C)c1. The fraction of sp³-hybridized carbons (Fsp3) is 0.391. The minimum absolute atomic E-state index is 0.0398. The van der Waals surface area contributed by atoms with Crippen LogP contribution < -0.4 is 5.32 Å². The van der Waals surface area contributed by atoms with Gasteiger partial charge in [0.1, 0.15) is 6.04 Å². The van der Waals surface area contributed by atoms with Gasteiger partial charge in [0, 0.05) is 13.1 Å². The standard InChI is InChI=1S/C23H30N2O2/c1-6-24-23(27)19(5)25(15-21-10-8-7-9-18(21)4)22(26)14-20-12-16(2)11-17(3)13-20/h7-13,19H,6,14-15H2,1-5H3,(H,24,27)/t19-/m1/s1. The number of carbonyl (C=O) groups excluding carboxylic acids is 2. The molecule has 4 heteroatoms. The van der Waals surface area contributed by atoms with E-state index in [2.05, 4.69) is 11.4 Å². The van der Waals surface area contributed by atoms with Gasteiger partial charge in [-0.1, -0.05) is 53.6 Å². The lowest BCUT2D eigenvalue weighted by molar-refractivity contribution is -0.140. The first-order valence-electron chi connectivity index (χ1n) is 9.50. The normalized spacial score (nSPS) is 11.7. The van der Waals surface area contributed by atoms with Gasteiger partial charge in [0.2, 0.25) is 11.8 Å². The van der Waals surface area contributed by atoms with Gasteiger partial charge in [-0.05, 0) is 51.3 Å². The highest BCUT2D eigenvalue weighted by Gasteiger charge is 2.26. The Morgan fingerprint density at radius 3 is 2.26 bits per heavy atom. The van der Waals surface area contributed by atoms with Crippen molar-refractivity contribution in [3.63, 3.8) is 0 Å². The lowest BCUT2D eigenvalue weighted by Gasteiger charge is -2.29. The first-order valence-corrected chi connectivity index (χ1v) is 9.50. The zero-order chi connectivity index (χ0) is 20.0. The van der Waals surface area contributed by atoms with Gasteiger partial charge in [0.15, 0.2) is 0 Å². The van der Waals surface area contributed by atoms with Gasteiger partial charge in [0.05, 0.1) is 6.42 Å². The van der Waals surface area contributed by atoms with Crippen LogP contribution in [0.1, 0.15) is 41.7 Å². The van der Waals surface area contributed by atoms with Crippen LogP contribution in [0.5, 0.6) is 0 Å². The van der Waals surface area contributed by atoms with Crippen LogP contribution in [-0.4, -0.2) is 29.3 Å². The van der Waals surface area contributed by atoms with E-state index >= 15 is 0 Å². The zero-order valence-electron chi connectivity index (χ0n) is 17.0. The monoisotopic (exact) mass is 366 g/mol. The summed E-state index contributed by atoms with van der Waals surface area (Å²) in [6, 6.07) is 13.6. The largest absolute Gasteiger partial charge is 0.355 e. The van der Waals surface area contributed by atoms with Gasteiger partial charge < -0.3 is 10.2 Å². The molecule has 27 heavy (non-hydrogen) atoms. The summed E-state index contributed by atoms with van der Waals surface area (Å²) >= 11 is 0. The molecular weight excluding hydrogens is 336 g/mol. The third-order valence-electron chi connectivity index (χ3n) is 4.76. The lowest BCUT2D eigenvalue weighted by atomic mass is 10.0. The fourth-order valence-corrected chi connectivity index (χ4v) is 3.32. The molecule has 4 nitrogen and oxygen atoms in total. The van der Waals surface area contributed by atoms with Crippen molar-refractivity contribution in [2.45, 2.75) is 53.6 Å². The van der Waals surface area contributed by atoms with Gasteiger partial charge in [0.25, 0.3) is 0 Å². The number of aryl methyl sites for hydroxylation is 3. The van der Waals surface area contributed by atoms with Crippen molar-refractivity contribution in [3.05, 3.63) is 70.3 Å². The molecular formula is C23H30N2O2. The van der Waals surface area contributed by atoms with E-state index in [0.717, 1.165) is 27.8 Å². The van der Waals surface area contributed by atoms with Crippen LogP contribution >= 0.6 is 0 Å².